The Balaban J connectivity index is 1.24. The van der Waals surface area contributed by atoms with Gasteiger partial charge in [-0.25, -0.2) is 19.6 Å². The predicted octanol–water partition coefficient (Wildman–Crippen LogP) is 3.89. The molecule has 2 aromatic heterocycles. The van der Waals surface area contributed by atoms with Gasteiger partial charge in [-0.05, 0) is 68.5 Å². The largest absolute Gasteiger partial charge is 0.341 e. The molecule has 1 aliphatic rings. The molecule has 7 nitrogen and oxygen atoms in total. The molecule has 4 aromatic rings. The lowest BCUT2D eigenvalue weighted by molar-refractivity contribution is 0.411. The number of aryl methyl sites for hydroxylation is 3. The Kier molecular flexibility index (Phi) is 5.57. The molecule has 7 heteroatoms. The molecule has 2 aromatic carbocycles. The second kappa shape index (κ2) is 8.67. The first-order chi connectivity index (χ1) is 15.6. The van der Waals surface area contributed by atoms with E-state index in [-0.39, 0.29) is 0 Å². The van der Waals surface area contributed by atoms with Gasteiger partial charge in [0.05, 0.1) is 16.9 Å². The molecule has 1 N–H and O–H groups in total. The highest BCUT2D eigenvalue weighted by atomic mass is 15.3. The zero-order valence-corrected chi connectivity index (χ0v) is 18.9. The number of hydrogen-bond acceptors (Lipinski definition) is 6. The van der Waals surface area contributed by atoms with E-state index in [9.17, 15) is 0 Å². The van der Waals surface area contributed by atoms with E-state index in [1.807, 2.05) is 10.7 Å². The van der Waals surface area contributed by atoms with Crippen LogP contribution in [0.4, 0.5) is 5.95 Å². The summed E-state index contributed by atoms with van der Waals surface area (Å²) in [6.07, 6.45) is 5.45. The number of nitrogens with one attached hydrogen (secondary N) is 1. The molecule has 0 atom stereocenters. The fraction of sp³-hybridized carbons (Fsp3) is 0.360. The first-order valence-electron chi connectivity index (χ1n) is 11.3. The molecule has 5 rings (SSSR count). The summed E-state index contributed by atoms with van der Waals surface area (Å²) in [5.41, 5.74) is 6.95. The van der Waals surface area contributed by atoms with Crippen molar-refractivity contribution in [3.8, 4) is 5.69 Å². The van der Waals surface area contributed by atoms with Crippen LogP contribution >= 0.6 is 0 Å². The van der Waals surface area contributed by atoms with Crippen molar-refractivity contribution in [1.82, 2.24) is 30.0 Å². The fourth-order valence-corrected chi connectivity index (χ4v) is 4.42. The van der Waals surface area contributed by atoms with E-state index in [1.165, 1.54) is 16.7 Å². The van der Waals surface area contributed by atoms with Crippen LogP contribution in [0.3, 0.4) is 0 Å². The standard InChI is InChI=1S/C25H29N7/c1-17-12-22-19(3)29-25(30-23(22)13-18(17)2)31-10-8-21(9-11-31)27-14-20-6-4-5-7-24(20)32-16-26-15-28-32/h4-7,12-13,15-16,21,27H,8-11,14H2,1-3H3. The van der Waals surface area contributed by atoms with E-state index < -0.39 is 0 Å². The van der Waals surface area contributed by atoms with Gasteiger partial charge in [0, 0.05) is 31.1 Å². The normalized spacial score (nSPS) is 14.9. The summed E-state index contributed by atoms with van der Waals surface area (Å²) >= 11 is 0. The first kappa shape index (κ1) is 20.6. The molecular weight excluding hydrogens is 398 g/mol. The molecule has 0 aliphatic carbocycles. The lowest BCUT2D eigenvalue weighted by atomic mass is 10.0. The third-order valence-corrected chi connectivity index (χ3v) is 6.51. The van der Waals surface area contributed by atoms with Crippen LogP contribution < -0.4 is 10.2 Å². The Morgan fingerprint density at radius 1 is 1.00 bits per heavy atom. The average molecular weight is 428 g/mol. The Hall–Kier alpha value is -3.32. The number of para-hydroxylation sites is 1. The van der Waals surface area contributed by atoms with E-state index in [4.69, 9.17) is 9.97 Å². The molecule has 3 heterocycles. The Labute approximate surface area is 188 Å². The molecule has 1 aliphatic heterocycles. The van der Waals surface area contributed by atoms with Crippen LogP contribution in [0, 0.1) is 20.8 Å². The van der Waals surface area contributed by atoms with E-state index in [0.29, 0.717) is 6.04 Å². The molecule has 32 heavy (non-hydrogen) atoms. The quantitative estimate of drug-likeness (QED) is 0.521. The molecule has 0 unspecified atom stereocenters. The monoisotopic (exact) mass is 427 g/mol. The van der Waals surface area contributed by atoms with Gasteiger partial charge in [-0.3, -0.25) is 0 Å². The minimum absolute atomic E-state index is 0.474. The molecule has 0 spiro atoms. The van der Waals surface area contributed by atoms with Crippen LogP contribution in [-0.2, 0) is 6.54 Å². The second-order valence-electron chi connectivity index (χ2n) is 8.67. The highest BCUT2D eigenvalue weighted by molar-refractivity contribution is 5.83. The van der Waals surface area contributed by atoms with Gasteiger partial charge in [0.15, 0.2) is 0 Å². The SMILES string of the molecule is Cc1cc2nc(N3CCC(NCc4ccccc4-n4cncn4)CC3)nc(C)c2cc1C. The average Bonchev–Trinajstić information content (AvgIpc) is 3.34. The number of hydrogen-bond donors (Lipinski definition) is 1. The van der Waals surface area contributed by atoms with E-state index in [0.717, 1.165) is 60.7 Å². The number of nitrogens with zero attached hydrogens (tertiary/aromatic N) is 6. The maximum Gasteiger partial charge on any atom is 0.226 e. The predicted molar refractivity (Wildman–Crippen MR) is 127 cm³/mol. The third-order valence-electron chi connectivity index (χ3n) is 6.51. The lowest BCUT2D eigenvalue weighted by Gasteiger charge is -2.33. The van der Waals surface area contributed by atoms with E-state index in [1.54, 1.807) is 12.7 Å². The van der Waals surface area contributed by atoms with Gasteiger partial charge in [-0.2, -0.15) is 5.10 Å². The van der Waals surface area contributed by atoms with Crippen molar-refractivity contribution < 1.29 is 0 Å². The maximum atomic E-state index is 4.90. The lowest BCUT2D eigenvalue weighted by Crippen LogP contribution is -2.43. The van der Waals surface area contributed by atoms with Crippen LogP contribution in [0.15, 0.2) is 49.1 Å². The summed E-state index contributed by atoms with van der Waals surface area (Å²) in [6.45, 7) is 9.10. The van der Waals surface area contributed by atoms with Crippen LogP contribution in [0.25, 0.3) is 16.6 Å². The van der Waals surface area contributed by atoms with Gasteiger partial charge in [0.2, 0.25) is 5.95 Å². The maximum absolute atomic E-state index is 4.90. The number of anilines is 1. The van der Waals surface area contributed by atoms with Crippen molar-refractivity contribution in [1.29, 1.82) is 0 Å². The van der Waals surface area contributed by atoms with Crippen LogP contribution in [-0.4, -0.2) is 43.9 Å². The van der Waals surface area contributed by atoms with Crippen LogP contribution in [0.2, 0.25) is 0 Å². The van der Waals surface area contributed by atoms with Gasteiger partial charge in [-0.15, -0.1) is 0 Å². The van der Waals surface area contributed by atoms with Crippen LogP contribution in [0.1, 0.15) is 35.2 Å². The Morgan fingerprint density at radius 2 is 1.78 bits per heavy atom. The minimum Gasteiger partial charge on any atom is -0.341 e. The highest BCUT2D eigenvalue weighted by Gasteiger charge is 2.22. The topological polar surface area (TPSA) is 71.8 Å². The summed E-state index contributed by atoms with van der Waals surface area (Å²) < 4.78 is 1.82. The van der Waals surface area contributed by atoms with Crippen molar-refractivity contribution in [2.75, 3.05) is 18.0 Å². The molecule has 1 saturated heterocycles. The van der Waals surface area contributed by atoms with Crippen molar-refractivity contribution in [2.24, 2.45) is 0 Å². The molecule has 0 saturated carbocycles. The van der Waals surface area contributed by atoms with Crippen molar-refractivity contribution in [3.05, 3.63) is 71.4 Å². The second-order valence-corrected chi connectivity index (χ2v) is 8.67. The zero-order valence-electron chi connectivity index (χ0n) is 18.9. The number of aromatic nitrogens is 5. The van der Waals surface area contributed by atoms with Gasteiger partial charge in [0.1, 0.15) is 12.7 Å². The third kappa shape index (κ3) is 4.08. The van der Waals surface area contributed by atoms with Crippen molar-refractivity contribution in [2.45, 2.75) is 46.2 Å². The molecular formula is C25H29N7. The minimum atomic E-state index is 0.474. The fourth-order valence-electron chi connectivity index (χ4n) is 4.42. The summed E-state index contributed by atoms with van der Waals surface area (Å²) in [6, 6.07) is 13.2. The molecule has 1 fully saturated rings. The number of rotatable bonds is 5. The zero-order chi connectivity index (χ0) is 22.1. The number of fused-ring (bicyclic) bond motifs is 1. The smallest absolute Gasteiger partial charge is 0.226 e. The summed E-state index contributed by atoms with van der Waals surface area (Å²) in [4.78, 5) is 16.1. The van der Waals surface area contributed by atoms with Crippen molar-refractivity contribution >= 4 is 16.9 Å². The van der Waals surface area contributed by atoms with E-state index in [2.05, 4.69) is 71.4 Å². The molecule has 164 valence electrons. The Morgan fingerprint density at radius 3 is 2.56 bits per heavy atom. The summed E-state index contributed by atoms with van der Waals surface area (Å²) in [5, 5.41) is 9.17. The Bertz CT molecular complexity index is 1220. The van der Waals surface area contributed by atoms with Gasteiger partial charge in [0.25, 0.3) is 0 Å². The van der Waals surface area contributed by atoms with Gasteiger partial charge < -0.3 is 10.2 Å². The molecule has 0 radical (unpaired) electrons. The molecule has 0 amide bonds. The van der Waals surface area contributed by atoms with Crippen molar-refractivity contribution in [3.63, 3.8) is 0 Å². The molecule has 0 bridgehead atoms. The van der Waals surface area contributed by atoms with Gasteiger partial charge in [-0.1, -0.05) is 18.2 Å². The van der Waals surface area contributed by atoms with Crippen LogP contribution in [0.5, 0.6) is 0 Å². The summed E-state index contributed by atoms with van der Waals surface area (Å²) in [5.74, 6) is 0.855. The first-order valence-corrected chi connectivity index (χ1v) is 11.3. The number of benzene rings is 2. The summed E-state index contributed by atoms with van der Waals surface area (Å²) in [7, 11) is 0. The highest BCUT2D eigenvalue weighted by Crippen LogP contribution is 2.24. The number of piperidine rings is 1. The van der Waals surface area contributed by atoms with E-state index >= 15 is 0 Å². The van der Waals surface area contributed by atoms with Gasteiger partial charge >= 0.3 is 0 Å².